The quantitative estimate of drug-likeness (QED) is 0.102. The lowest BCUT2D eigenvalue weighted by Gasteiger charge is -2.25. The van der Waals surface area contributed by atoms with Crippen molar-refractivity contribution in [1.82, 2.24) is 20.9 Å². The normalized spacial score (nSPS) is 14.3. The number of para-hydroxylation sites is 1. The number of carbonyl (C=O) groups is 4. The molecule has 0 bridgehead atoms. The molecule has 1 heterocycles. The molecule has 39 heavy (non-hydrogen) atoms. The summed E-state index contributed by atoms with van der Waals surface area (Å²) < 4.78 is 0. The summed E-state index contributed by atoms with van der Waals surface area (Å²) in [6.07, 6.45) is 4.96. The number of carboxylic acids is 1. The highest BCUT2D eigenvalue weighted by atomic mass is 16.4. The van der Waals surface area contributed by atoms with Crippen LogP contribution in [0, 0.1) is 0 Å². The van der Waals surface area contributed by atoms with E-state index in [4.69, 9.17) is 17.2 Å². The fourth-order valence-corrected chi connectivity index (χ4v) is 4.14. The molecular formula is C26H41N7O6. The molecular weight excluding hydrogens is 506 g/mol. The van der Waals surface area contributed by atoms with Crippen molar-refractivity contribution in [2.24, 2.45) is 17.2 Å². The van der Waals surface area contributed by atoms with Crippen LogP contribution in [-0.4, -0.2) is 82.8 Å². The van der Waals surface area contributed by atoms with Crippen molar-refractivity contribution < 1.29 is 29.4 Å². The van der Waals surface area contributed by atoms with Crippen LogP contribution in [0.4, 0.5) is 0 Å². The second-order valence-electron chi connectivity index (χ2n) is 9.44. The zero-order valence-corrected chi connectivity index (χ0v) is 22.0. The monoisotopic (exact) mass is 547 g/mol. The number of nitrogens with two attached hydrogens (primary N) is 3. The molecule has 13 heteroatoms. The summed E-state index contributed by atoms with van der Waals surface area (Å²) in [6.45, 7) is 0.0657. The van der Waals surface area contributed by atoms with Gasteiger partial charge in [-0.1, -0.05) is 24.6 Å². The Kier molecular flexibility index (Phi) is 13.4. The number of nitrogens with one attached hydrogen (secondary N) is 4. The number of aliphatic hydroxyl groups is 1. The fourth-order valence-electron chi connectivity index (χ4n) is 4.14. The third-order valence-corrected chi connectivity index (χ3v) is 6.42. The number of aliphatic hydroxyl groups excluding tert-OH is 1. The molecule has 12 N–H and O–H groups in total. The molecule has 0 fully saturated rings. The summed E-state index contributed by atoms with van der Waals surface area (Å²) in [4.78, 5) is 53.7. The lowest BCUT2D eigenvalue weighted by molar-refractivity contribution is -0.143. The average Bonchev–Trinajstić information content (AvgIpc) is 3.33. The minimum Gasteiger partial charge on any atom is -0.480 e. The summed E-state index contributed by atoms with van der Waals surface area (Å²) in [5.74, 6) is -3.33. The van der Waals surface area contributed by atoms with Gasteiger partial charge in [0.05, 0.1) is 12.6 Å². The van der Waals surface area contributed by atoms with Gasteiger partial charge in [-0.3, -0.25) is 14.4 Å². The van der Waals surface area contributed by atoms with Crippen molar-refractivity contribution >= 4 is 34.6 Å². The number of aromatic nitrogens is 1. The average molecular weight is 548 g/mol. The van der Waals surface area contributed by atoms with Gasteiger partial charge in [0.1, 0.15) is 18.1 Å². The minimum absolute atomic E-state index is 0.0292. The number of amides is 3. The number of hydrogen-bond acceptors (Lipinski definition) is 8. The zero-order chi connectivity index (χ0) is 28.8. The number of benzene rings is 1. The van der Waals surface area contributed by atoms with E-state index in [2.05, 4.69) is 20.9 Å². The highest BCUT2D eigenvalue weighted by molar-refractivity contribution is 5.94. The molecule has 2 rings (SSSR count). The summed E-state index contributed by atoms with van der Waals surface area (Å²) in [5.41, 5.74) is 18.6. The highest BCUT2D eigenvalue weighted by Gasteiger charge is 2.30. The fraction of sp³-hybridized carbons (Fsp3) is 0.538. The first-order chi connectivity index (χ1) is 18.7. The van der Waals surface area contributed by atoms with Crippen LogP contribution in [0.1, 0.15) is 44.1 Å². The molecule has 3 amide bonds. The maximum absolute atomic E-state index is 13.4. The van der Waals surface area contributed by atoms with Crippen LogP contribution in [0.3, 0.4) is 0 Å². The first-order valence-corrected chi connectivity index (χ1v) is 13.2. The van der Waals surface area contributed by atoms with Gasteiger partial charge in [-0.15, -0.1) is 0 Å². The van der Waals surface area contributed by atoms with Gasteiger partial charge in [0.15, 0.2) is 0 Å². The van der Waals surface area contributed by atoms with Crippen molar-refractivity contribution in [1.29, 1.82) is 0 Å². The molecule has 0 radical (unpaired) electrons. The predicted octanol–water partition coefficient (Wildman–Crippen LogP) is -1.17. The van der Waals surface area contributed by atoms with Gasteiger partial charge in [0.2, 0.25) is 17.7 Å². The molecule has 0 aliphatic heterocycles. The Morgan fingerprint density at radius 1 is 0.821 bits per heavy atom. The molecule has 216 valence electrons. The Bertz CT molecular complexity index is 1090. The van der Waals surface area contributed by atoms with Gasteiger partial charge >= 0.3 is 5.97 Å². The lowest BCUT2D eigenvalue weighted by atomic mass is 10.0. The zero-order valence-electron chi connectivity index (χ0n) is 22.0. The van der Waals surface area contributed by atoms with Crippen LogP contribution in [0.25, 0.3) is 10.9 Å². The van der Waals surface area contributed by atoms with Crippen LogP contribution in [0.15, 0.2) is 30.5 Å². The van der Waals surface area contributed by atoms with Crippen molar-refractivity contribution in [2.45, 2.75) is 69.1 Å². The number of unbranched alkanes of at least 4 members (excludes halogenated alkanes) is 2. The van der Waals surface area contributed by atoms with E-state index in [-0.39, 0.29) is 12.8 Å². The smallest absolute Gasteiger partial charge is 0.328 e. The highest BCUT2D eigenvalue weighted by Crippen LogP contribution is 2.19. The first-order valence-electron chi connectivity index (χ1n) is 13.2. The van der Waals surface area contributed by atoms with E-state index in [0.717, 1.165) is 17.3 Å². The number of hydrogen-bond donors (Lipinski definition) is 9. The maximum Gasteiger partial charge on any atom is 0.328 e. The number of aromatic amines is 1. The number of H-pyrrole nitrogens is 1. The standard InChI is InChI=1S/C26H41N7O6/c27-11-5-3-8-18(29)23(35)31-20(10-4-6-12-28)24(36)32-21(25(37)33-22(15-34)26(38)39)13-16-14-30-19-9-2-1-7-17(16)19/h1-2,7,9,14,18,20-22,30,34H,3-6,8,10-13,15,27-29H2,(H,31,35)(H,32,36)(H,33,37)(H,38,39). The molecule has 0 aliphatic rings. The van der Waals surface area contributed by atoms with Crippen molar-refractivity contribution in [3.8, 4) is 0 Å². The van der Waals surface area contributed by atoms with Crippen LogP contribution >= 0.6 is 0 Å². The Morgan fingerprint density at radius 3 is 2.05 bits per heavy atom. The summed E-state index contributed by atoms with van der Waals surface area (Å²) in [7, 11) is 0. The second kappa shape index (κ2) is 16.4. The Morgan fingerprint density at radius 2 is 1.41 bits per heavy atom. The number of rotatable bonds is 18. The molecule has 4 unspecified atom stereocenters. The van der Waals surface area contributed by atoms with E-state index in [0.29, 0.717) is 44.3 Å². The van der Waals surface area contributed by atoms with E-state index in [9.17, 15) is 29.4 Å². The van der Waals surface area contributed by atoms with E-state index < -0.39 is 54.5 Å². The van der Waals surface area contributed by atoms with Gasteiger partial charge < -0.3 is 48.3 Å². The maximum atomic E-state index is 13.4. The van der Waals surface area contributed by atoms with Crippen LogP contribution in [0.2, 0.25) is 0 Å². The van der Waals surface area contributed by atoms with Gasteiger partial charge in [-0.25, -0.2) is 4.79 Å². The third-order valence-electron chi connectivity index (χ3n) is 6.42. The van der Waals surface area contributed by atoms with Gasteiger partial charge in [0.25, 0.3) is 0 Å². The largest absolute Gasteiger partial charge is 0.480 e. The van der Waals surface area contributed by atoms with Crippen molar-refractivity contribution in [2.75, 3.05) is 19.7 Å². The van der Waals surface area contributed by atoms with E-state index in [1.807, 2.05) is 24.3 Å². The van der Waals surface area contributed by atoms with E-state index in [1.54, 1.807) is 6.20 Å². The number of fused-ring (bicyclic) bond motifs is 1. The van der Waals surface area contributed by atoms with Gasteiger partial charge in [-0.2, -0.15) is 0 Å². The Hall–Kier alpha value is -3.52. The van der Waals surface area contributed by atoms with Gasteiger partial charge in [-0.05, 0) is 56.8 Å². The molecule has 13 nitrogen and oxygen atoms in total. The Balaban J connectivity index is 2.25. The van der Waals surface area contributed by atoms with E-state index >= 15 is 0 Å². The lowest BCUT2D eigenvalue weighted by Crippen LogP contribution is -2.58. The molecule has 0 saturated carbocycles. The molecule has 2 aromatic rings. The SMILES string of the molecule is NCCCCC(N)C(=O)NC(CCCCN)C(=O)NC(Cc1c[nH]c2ccccc12)C(=O)NC(CO)C(=O)O. The van der Waals surface area contributed by atoms with Gasteiger partial charge in [0, 0.05) is 23.5 Å². The number of carbonyl (C=O) groups excluding carboxylic acids is 3. The minimum atomic E-state index is -1.55. The Labute approximate surface area is 227 Å². The van der Waals surface area contributed by atoms with Crippen LogP contribution < -0.4 is 33.2 Å². The first kappa shape index (κ1) is 31.7. The molecule has 1 aromatic heterocycles. The molecule has 1 aromatic carbocycles. The molecule has 4 atom stereocenters. The van der Waals surface area contributed by atoms with E-state index in [1.165, 1.54) is 0 Å². The summed E-state index contributed by atoms with van der Waals surface area (Å²) in [5, 5.41) is 27.1. The van der Waals surface area contributed by atoms with Crippen LogP contribution in [0.5, 0.6) is 0 Å². The number of aliphatic carboxylic acids is 1. The molecule has 0 aliphatic carbocycles. The number of carboxylic acid groups (broad SMARTS) is 1. The van der Waals surface area contributed by atoms with Crippen LogP contribution in [-0.2, 0) is 25.6 Å². The van der Waals surface area contributed by atoms with Crippen molar-refractivity contribution in [3.05, 3.63) is 36.0 Å². The second-order valence-corrected chi connectivity index (χ2v) is 9.44. The third kappa shape index (κ3) is 9.94. The predicted molar refractivity (Wildman–Crippen MR) is 146 cm³/mol. The summed E-state index contributed by atoms with van der Waals surface area (Å²) >= 11 is 0. The molecule has 0 spiro atoms. The van der Waals surface area contributed by atoms with Crippen molar-refractivity contribution in [3.63, 3.8) is 0 Å². The molecule has 0 saturated heterocycles. The topological polar surface area (TPSA) is 239 Å². The summed E-state index contributed by atoms with van der Waals surface area (Å²) in [6, 6.07) is 2.83.